The van der Waals surface area contributed by atoms with E-state index in [9.17, 15) is 0 Å². The van der Waals surface area contributed by atoms with Crippen LogP contribution in [-0.4, -0.2) is 0 Å². The van der Waals surface area contributed by atoms with Crippen molar-refractivity contribution in [1.82, 2.24) is 0 Å². The molecule has 0 radical (unpaired) electrons. The summed E-state index contributed by atoms with van der Waals surface area (Å²) in [5.74, 6) is -0.101. The molecule has 0 amide bonds. The molecule has 1 nitrogen and oxygen atoms in total. The molecule has 1 aliphatic carbocycles. The number of halogens is 3. The summed E-state index contributed by atoms with van der Waals surface area (Å²) in [5, 5.41) is 0. The summed E-state index contributed by atoms with van der Waals surface area (Å²) in [7, 11) is 0. The van der Waals surface area contributed by atoms with E-state index in [4.69, 9.17) is 0 Å². The average Bonchev–Trinajstić information content (AvgIpc) is 2.96. The Labute approximate surface area is 243 Å². The first-order chi connectivity index (χ1) is 17.8. The zero-order valence-corrected chi connectivity index (χ0v) is 26.3. The SMILES string of the molecule is Cc1cc(N(c2ccc(Br)cc2)c2ccc(Br)cc2)ccc1-c1cc(F)c2c(c1)C(C)(C)C(C)(C)C2(C)C. The first kappa shape index (κ1) is 27.1. The maximum absolute atomic E-state index is 15.9. The summed E-state index contributed by atoms with van der Waals surface area (Å²) in [6, 6.07) is 27.1. The molecule has 0 saturated heterocycles. The van der Waals surface area contributed by atoms with Gasteiger partial charge in [-0.15, -0.1) is 0 Å². The molecule has 0 N–H and O–H groups in total. The third kappa shape index (κ3) is 4.16. The van der Waals surface area contributed by atoms with Crippen molar-refractivity contribution in [2.45, 2.75) is 59.3 Å². The van der Waals surface area contributed by atoms with Gasteiger partial charge in [0.1, 0.15) is 5.82 Å². The predicted molar refractivity (Wildman–Crippen MR) is 166 cm³/mol. The van der Waals surface area contributed by atoms with Gasteiger partial charge in [-0.25, -0.2) is 4.39 Å². The van der Waals surface area contributed by atoms with Gasteiger partial charge in [-0.3, -0.25) is 0 Å². The monoisotopic (exact) mass is 633 g/mol. The van der Waals surface area contributed by atoms with Crippen molar-refractivity contribution >= 4 is 48.9 Å². The Morgan fingerprint density at radius 1 is 0.632 bits per heavy atom. The number of anilines is 3. The maximum atomic E-state index is 15.9. The number of hydrogen-bond donors (Lipinski definition) is 0. The lowest BCUT2D eigenvalue weighted by molar-refractivity contribution is 0.123. The average molecular weight is 635 g/mol. The van der Waals surface area contributed by atoms with Crippen LogP contribution in [0.4, 0.5) is 21.5 Å². The third-order valence-electron chi connectivity index (χ3n) is 9.46. The fourth-order valence-corrected chi connectivity index (χ4v) is 6.59. The lowest BCUT2D eigenvalue weighted by Crippen LogP contribution is -2.42. The minimum atomic E-state index is -0.261. The number of hydrogen-bond acceptors (Lipinski definition) is 1. The fraction of sp³-hybridized carbons (Fsp3) is 0.294. The number of fused-ring (bicyclic) bond motifs is 1. The molecule has 0 unspecified atom stereocenters. The van der Waals surface area contributed by atoms with Gasteiger partial charge >= 0.3 is 0 Å². The van der Waals surface area contributed by atoms with Gasteiger partial charge in [0.15, 0.2) is 0 Å². The van der Waals surface area contributed by atoms with Crippen LogP contribution >= 0.6 is 31.9 Å². The normalized spacial score (nSPS) is 16.8. The molecule has 0 aromatic heterocycles. The highest BCUT2D eigenvalue weighted by Gasteiger charge is 2.58. The van der Waals surface area contributed by atoms with Crippen molar-refractivity contribution in [3.63, 3.8) is 0 Å². The van der Waals surface area contributed by atoms with Crippen molar-refractivity contribution in [2.24, 2.45) is 5.41 Å². The minimum Gasteiger partial charge on any atom is -0.310 e. The van der Waals surface area contributed by atoms with Crippen molar-refractivity contribution in [1.29, 1.82) is 0 Å². The molecule has 4 aromatic carbocycles. The molecule has 4 heteroatoms. The van der Waals surface area contributed by atoms with E-state index < -0.39 is 0 Å². The first-order valence-corrected chi connectivity index (χ1v) is 14.6. The van der Waals surface area contributed by atoms with Gasteiger partial charge in [0.2, 0.25) is 0 Å². The number of aryl methyl sites for hydroxylation is 1. The Kier molecular flexibility index (Phi) is 6.68. The smallest absolute Gasteiger partial charge is 0.127 e. The summed E-state index contributed by atoms with van der Waals surface area (Å²) >= 11 is 7.11. The molecule has 196 valence electrons. The molecular formula is C34H34Br2FN. The van der Waals surface area contributed by atoms with Gasteiger partial charge in [-0.2, -0.15) is 0 Å². The van der Waals surface area contributed by atoms with Gasteiger partial charge in [0.25, 0.3) is 0 Å². The molecule has 0 saturated carbocycles. The van der Waals surface area contributed by atoms with Gasteiger partial charge in [-0.05, 0) is 118 Å². The van der Waals surface area contributed by atoms with Crippen LogP contribution in [0.1, 0.15) is 58.2 Å². The Balaban J connectivity index is 1.62. The Morgan fingerprint density at radius 2 is 1.13 bits per heavy atom. The molecule has 1 aliphatic rings. The van der Waals surface area contributed by atoms with E-state index in [0.717, 1.165) is 53.8 Å². The van der Waals surface area contributed by atoms with E-state index in [1.54, 1.807) is 6.07 Å². The molecule has 0 bridgehead atoms. The number of rotatable bonds is 4. The predicted octanol–water partition coefficient (Wildman–Crippen LogP) is 11.4. The van der Waals surface area contributed by atoms with Gasteiger partial charge in [0, 0.05) is 26.0 Å². The highest BCUT2D eigenvalue weighted by Crippen LogP contribution is 2.62. The van der Waals surface area contributed by atoms with Crippen LogP contribution in [0.2, 0.25) is 0 Å². The summed E-state index contributed by atoms with van der Waals surface area (Å²) < 4.78 is 17.9. The van der Waals surface area contributed by atoms with Crippen LogP contribution in [-0.2, 0) is 10.8 Å². The lowest BCUT2D eigenvalue weighted by atomic mass is 9.59. The Hall–Kier alpha value is -2.43. The second-order valence-electron chi connectivity index (χ2n) is 12.0. The van der Waals surface area contributed by atoms with Crippen LogP contribution in [0.25, 0.3) is 11.1 Å². The van der Waals surface area contributed by atoms with Gasteiger partial charge in [-0.1, -0.05) is 85.5 Å². The molecule has 4 aromatic rings. The quantitative estimate of drug-likeness (QED) is 0.216. The molecule has 0 fully saturated rings. The van der Waals surface area contributed by atoms with Crippen molar-refractivity contribution < 1.29 is 4.39 Å². The van der Waals surface area contributed by atoms with E-state index >= 15 is 4.39 Å². The molecular weight excluding hydrogens is 601 g/mol. The highest BCUT2D eigenvalue weighted by atomic mass is 79.9. The van der Waals surface area contributed by atoms with Crippen molar-refractivity contribution in [3.05, 3.63) is 110 Å². The van der Waals surface area contributed by atoms with Crippen LogP contribution < -0.4 is 4.90 Å². The second-order valence-corrected chi connectivity index (χ2v) is 13.9. The summed E-state index contributed by atoms with van der Waals surface area (Å²) in [6.07, 6.45) is 0. The first-order valence-electron chi connectivity index (χ1n) is 13.0. The van der Waals surface area contributed by atoms with Crippen LogP contribution in [0, 0.1) is 18.2 Å². The third-order valence-corrected chi connectivity index (χ3v) is 10.5. The largest absolute Gasteiger partial charge is 0.310 e. The number of nitrogens with zero attached hydrogens (tertiary/aromatic N) is 1. The topological polar surface area (TPSA) is 3.24 Å². The van der Waals surface area contributed by atoms with E-state index in [0.29, 0.717) is 0 Å². The molecule has 0 spiro atoms. The Morgan fingerprint density at radius 3 is 1.63 bits per heavy atom. The maximum Gasteiger partial charge on any atom is 0.127 e. The molecule has 0 atom stereocenters. The van der Waals surface area contributed by atoms with Crippen LogP contribution in [0.5, 0.6) is 0 Å². The van der Waals surface area contributed by atoms with E-state index in [1.165, 1.54) is 0 Å². The van der Waals surface area contributed by atoms with E-state index in [2.05, 4.69) is 158 Å². The summed E-state index contributed by atoms with van der Waals surface area (Å²) in [6.45, 7) is 15.5. The van der Waals surface area contributed by atoms with Crippen LogP contribution in [0.3, 0.4) is 0 Å². The number of benzene rings is 4. The molecule has 5 rings (SSSR count). The van der Waals surface area contributed by atoms with Gasteiger partial charge in [0.05, 0.1) is 0 Å². The lowest BCUT2D eigenvalue weighted by Gasteiger charge is -2.44. The summed E-state index contributed by atoms with van der Waals surface area (Å²) in [5.41, 5.74) is 7.77. The standard InChI is InChI=1S/C34H34Br2FN/c1-21-18-27(38(25-12-8-23(35)9-13-25)26-14-10-24(36)11-15-26)16-17-28(21)22-19-29-31(30(37)20-22)33(4,5)34(6,7)32(29,2)3/h8-20H,1-7H3. The molecule has 38 heavy (non-hydrogen) atoms. The molecule has 0 heterocycles. The van der Waals surface area contributed by atoms with E-state index in [1.807, 2.05) is 0 Å². The highest BCUT2D eigenvalue weighted by molar-refractivity contribution is 9.10. The van der Waals surface area contributed by atoms with Crippen molar-refractivity contribution in [2.75, 3.05) is 4.90 Å². The summed E-state index contributed by atoms with van der Waals surface area (Å²) in [4.78, 5) is 2.24. The Bertz CT molecular complexity index is 1470. The van der Waals surface area contributed by atoms with Gasteiger partial charge < -0.3 is 4.90 Å². The zero-order valence-electron chi connectivity index (χ0n) is 23.1. The fourth-order valence-electron chi connectivity index (χ4n) is 6.06. The van der Waals surface area contributed by atoms with Crippen molar-refractivity contribution in [3.8, 4) is 11.1 Å². The minimum absolute atomic E-state index is 0.0868. The van der Waals surface area contributed by atoms with E-state index in [-0.39, 0.29) is 22.1 Å². The second kappa shape index (κ2) is 9.34. The van der Waals surface area contributed by atoms with Crippen LogP contribution in [0.15, 0.2) is 87.8 Å². The molecule has 0 aliphatic heterocycles. The zero-order chi connectivity index (χ0) is 27.6.